The van der Waals surface area contributed by atoms with Gasteiger partial charge in [-0.2, -0.15) is 8.42 Å². The number of phenolic OH excluding ortho intramolecular Hbond substituents is 3. The average molecular weight is 220 g/mol. The molecule has 0 aliphatic heterocycles. The van der Waals surface area contributed by atoms with Gasteiger partial charge in [0.05, 0.1) is 0 Å². The molecular formula is C7H8O6S. The molecular weight excluding hydrogens is 212 g/mol. The van der Waals surface area contributed by atoms with Crippen molar-refractivity contribution in [2.45, 2.75) is 5.75 Å². The molecule has 14 heavy (non-hydrogen) atoms. The monoisotopic (exact) mass is 220 g/mol. The molecule has 1 aromatic carbocycles. The lowest BCUT2D eigenvalue weighted by molar-refractivity contribution is 0.365. The van der Waals surface area contributed by atoms with Crippen molar-refractivity contribution in [3.05, 3.63) is 17.7 Å². The number of benzene rings is 1. The Bertz CT molecular complexity index is 449. The maximum atomic E-state index is 10.4. The second-order valence-corrected chi connectivity index (χ2v) is 4.12. The Morgan fingerprint density at radius 3 is 2.14 bits per heavy atom. The van der Waals surface area contributed by atoms with Crippen molar-refractivity contribution in [1.29, 1.82) is 0 Å². The summed E-state index contributed by atoms with van der Waals surface area (Å²) < 4.78 is 29.4. The van der Waals surface area contributed by atoms with Gasteiger partial charge in [0.15, 0.2) is 11.5 Å². The van der Waals surface area contributed by atoms with Gasteiger partial charge in [0.2, 0.25) is 5.75 Å². The zero-order valence-electron chi connectivity index (χ0n) is 6.88. The highest BCUT2D eigenvalue weighted by atomic mass is 32.2. The molecule has 0 fully saturated rings. The second kappa shape index (κ2) is 3.35. The summed E-state index contributed by atoms with van der Waals surface area (Å²) in [4.78, 5) is 0. The van der Waals surface area contributed by atoms with Gasteiger partial charge in [0, 0.05) is 5.56 Å². The maximum absolute atomic E-state index is 10.4. The Balaban J connectivity index is 3.19. The molecule has 0 bridgehead atoms. The molecule has 1 aromatic rings. The zero-order valence-corrected chi connectivity index (χ0v) is 7.69. The highest BCUT2D eigenvalue weighted by Gasteiger charge is 2.15. The van der Waals surface area contributed by atoms with Crippen LogP contribution in [0.5, 0.6) is 17.2 Å². The van der Waals surface area contributed by atoms with E-state index in [1.807, 2.05) is 0 Å². The van der Waals surface area contributed by atoms with Crippen molar-refractivity contribution in [3.8, 4) is 17.2 Å². The summed E-state index contributed by atoms with van der Waals surface area (Å²) in [6.45, 7) is 0. The molecule has 0 spiro atoms. The quantitative estimate of drug-likeness (QED) is 0.417. The molecule has 0 radical (unpaired) electrons. The smallest absolute Gasteiger partial charge is 0.269 e. The topological polar surface area (TPSA) is 115 Å². The lowest BCUT2D eigenvalue weighted by Crippen LogP contribution is -2.01. The SMILES string of the molecule is O=S(=O)(O)Cc1ccc(O)c(O)c1O. The van der Waals surface area contributed by atoms with Gasteiger partial charge in [-0.3, -0.25) is 4.55 Å². The summed E-state index contributed by atoms with van der Waals surface area (Å²) in [5.41, 5.74) is -0.192. The third kappa shape index (κ3) is 2.27. The summed E-state index contributed by atoms with van der Waals surface area (Å²) in [5.74, 6) is -2.97. The van der Waals surface area contributed by atoms with E-state index in [1.54, 1.807) is 0 Å². The van der Waals surface area contributed by atoms with Gasteiger partial charge in [-0.15, -0.1) is 0 Å². The second-order valence-electron chi connectivity index (χ2n) is 2.67. The van der Waals surface area contributed by atoms with Gasteiger partial charge in [0.1, 0.15) is 5.75 Å². The number of aromatic hydroxyl groups is 3. The largest absolute Gasteiger partial charge is 0.504 e. The van der Waals surface area contributed by atoms with E-state index >= 15 is 0 Å². The van der Waals surface area contributed by atoms with E-state index in [2.05, 4.69) is 0 Å². The van der Waals surface area contributed by atoms with Gasteiger partial charge in [0.25, 0.3) is 10.1 Å². The normalized spacial score (nSPS) is 11.5. The van der Waals surface area contributed by atoms with Crippen molar-refractivity contribution >= 4 is 10.1 Å². The predicted octanol–water partition coefficient (Wildman–Crippen LogP) is 0.191. The lowest BCUT2D eigenvalue weighted by atomic mass is 10.2. The molecule has 78 valence electrons. The summed E-state index contributed by atoms with van der Waals surface area (Å²) in [7, 11) is -4.28. The minimum atomic E-state index is -4.28. The molecule has 0 heterocycles. The van der Waals surface area contributed by atoms with E-state index in [1.165, 1.54) is 0 Å². The van der Waals surface area contributed by atoms with E-state index in [0.717, 1.165) is 12.1 Å². The molecule has 6 nitrogen and oxygen atoms in total. The standard InChI is InChI=1S/C7H8O6S/c8-5-2-1-4(3-14(11,12)13)6(9)7(5)10/h1-2,8-10H,3H2,(H,11,12,13). The van der Waals surface area contributed by atoms with Crippen LogP contribution in [0.4, 0.5) is 0 Å². The van der Waals surface area contributed by atoms with Crippen molar-refractivity contribution in [1.82, 2.24) is 0 Å². The molecule has 7 heteroatoms. The molecule has 0 amide bonds. The van der Waals surface area contributed by atoms with Crippen LogP contribution in [-0.4, -0.2) is 28.3 Å². The number of rotatable bonds is 2. The van der Waals surface area contributed by atoms with Gasteiger partial charge in [-0.25, -0.2) is 0 Å². The van der Waals surface area contributed by atoms with Crippen LogP contribution < -0.4 is 0 Å². The van der Waals surface area contributed by atoms with Crippen molar-refractivity contribution < 1.29 is 28.3 Å². The molecule has 0 saturated heterocycles. The van der Waals surface area contributed by atoms with Crippen LogP contribution in [0, 0.1) is 0 Å². The van der Waals surface area contributed by atoms with Crippen LogP contribution in [0.15, 0.2) is 12.1 Å². The average Bonchev–Trinajstić information content (AvgIpc) is 2.04. The fraction of sp³-hybridized carbons (Fsp3) is 0.143. The van der Waals surface area contributed by atoms with Gasteiger partial charge in [-0.05, 0) is 6.07 Å². The first-order chi connectivity index (χ1) is 6.31. The van der Waals surface area contributed by atoms with Crippen LogP contribution in [0.1, 0.15) is 5.56 Å². The van der Waals surface area contributed by atoms with E-state index in [4.69, 9.17) is 19.9 Å². The van der Waals surface area contributed by atoms with Crippen molar-refractivity contribution in [2.24, 2.45) is 0 Å². The van der Waals surface area contributed by atoms with Crippen molar-refractivity contribution in [3.63, 3.8) is 0 Å². The van der Waals surface area contributed by atoms with Crippen LogP contribution in [-0.2, 0) is 15.9 Å². The molecule has 0 saturated carbocycles. The highest BCUT2D eigenvalue weighted by molar-refractivity contribution is 7.85. The molecule has 0 aliphatic rings. The summed E-state index contributed by atoms with van der Waals surface area (Å²) in [5, 5.41) is 27.1. The first kappa shape index (κ1) is 10.6. The molecule has 0 atom stereocenters. The highest BCUT2D eigenvalue weighted by Crippen LogP contribution is 2.37. The Morgan fingerprint density at radius 2 is 1.64 bits per heavy atom. The Morgan fingerprint density at radius 1 is 1.07 bits per heavy atom. The van der Waals surface area contributed by atoms with Gasteiger partial charge in [-0.1, -0.05) is 6.07 Å². The summed E-state index contributed by atoms with van der Waals surface area (Å²) in [6, 6.07) is 2.09. The lowest BCUT2D eigenvalue weighted by Gasteiger charge is -2.05. The molecule has 0 unspecified atom stereocenters. The molecule has 0 aromatic heterocycles. The van der Waals surface area contributed by atoms with Crippen LogP contribution in [0.2, 0.25) is 0 Å². The predicted molar refractivity (Wildman–Crippen MR) is 46.7 cm³/mol. The first-order valence-electron chi connectivity index (χ1n) is 3.49. The van der Waals surface area contributed by atoms with E-state index in [0.29, 0.717) is 0 Å². The number of phenols is 3. The van der Waals surface area contributed by atoms with Gasteiger partial charge >= 0.3 is 0 Å². The van der Waals surface area contributed by atoms with E-state index < -0.39 is 33.1 Å². The third-order valence-electron chi connectivity index (χ3n) is 1.55. The fourth-order valence-corrected chi connectivity index (χ4v) is 1.55. The summed E-state index contributed by atoms with van der Waals surface area (Å²) >= 11 is 0. The molecule has 0 aliphatic carbocycles. The molecule has 1 rings (SSSR count). The van der Waals surface area contributed by atoms with Crippen LogP contribution in [0.3, 0.4) is 0 Å². The van der Waals surface area contributed by atoms with Gasteiger partial charge < -0.3 is 15.3 Å². The first-order valence-corrected chi connectivity index (χ1v) is 5.10. The van der Waals surface area contributed by atoms with Crippen LogP contribution >= 0.6 is 0 Å². The minimum absolute atomic E-state index is 0.192. The zero-order chi connectivity index (χ0) is 10.9. The van der Waals surface area contributed by atoms with E-state index in [9.17, 15) is 8.42 Å². The third-order valence-corrected chi connectivity index (χ3v) is 2.23. The maximum Gasteiger partial charge on any atom is 0.269 e. The number of hydrogen-bond acceptors (Lipinski definition) is 5. The van der Waals surface area contributed by atoms with E-state index in [-0.39, 0.29) is 5.56 Å². The Labute approximate surface area is 79.8 Å². The van der Waals surface area contributed by atoms with Crippen molar-refractivity contribution in [2.75, 3.05) is 0 Å². The molecule has 4 N–H and O–H groups in total. The summed E-state index contributed by atoms with van der Waals surface area (Å²) in [6.07, 6.45) is 0. The Kier molecular flexibility index (Phi) is 2.54. The fourth-order valence-electron chi connectivity index (χ4n) is 0.924. The Hall–Kier alpha value is -1.47. The number of hydrogen-bond donors (Lipinski definition) is 4. The van der Waals surface area contributed by atoms with Crippen LogP contribution in [0.25, 0.3) is 0 Å². The minimum Gasteiger partial charge on any atom is -0.504 e.